The van der Waals surface area contributed by atoms with Gasteiger partial charge in [-0.3, -0.25) is 0 Å². The molecule has 1 aliphatic heterocycles. The number of benzene rings is 2. The molecule has 3 rings (SSSR count). The molecule has 14 nitrogen and oxygen atoms in total. The van der Waals surface area contributed by atoms with Gasteiger partial charge in [-0.15, -0.1) is 0 Å². The van der Waals surface area contributed by atoms with Gasteiger partial charge in [0.15, 0.2) is 29.1 Å². The molecule has 0 radical (unpaired) electrons. The highest BCUT2D eigenvalue weighted by atomic mass is 16.7. The van der Waals surface area contributed by atoms with Gasteiger partial charge in [0.05, 0.1) is 35.0 Å². The van der Waals surface area contributed by atoms with Crippen LogP contribution in [-0.2, 0) is 23.8 Å². The van der Waals surface area contributed by atoms with Gasteiger partial charge in [-0.25, -0.2) is 9.59 Å². The number of aliphatic hydroxyl groups is 3. The van der Waals surface area contributed by atoms with Crippen molar-refractivity contribution in [2.75, 3.05) is 35.0 Å². The van der Waals surface area contributed by atoms with Crippen molar-refractivity contribution in [2.45, 2.75) is 30.7 Å². The zero-order chi connectivity index (χ0) is 31.0. The first-order chi connectivity index (χ1) is 20.1. The van der Waals surface area contributed by atoms with Crippen LogP contribution in [-0.4, -0.2) is 103 Å². The van der Waals surface area contributed by atoms with E-state index in [1.54, 1.807) is 0 Å². The van der Waals surface area contributed by atoms with Gasteiger partial charge in [0.1, 0.15) is 18.3 Å². The molecule has 42 heavy (non-hydrogen) atoms. The van der Waals surface area contributed by atoms with Crippen LogP contribution in [0.5, 0.6) is 34.5 Å². The molecule has 1 heterocycles. The van der Waals surface area contributed by atoms with Crippen LogP contribution in [0.15, 0.2) is 36.4 Å². The molecular weight excluding hydrogens is 560 g/mol. The summed E-state index contributed by atoms with van der Waals surface area (Å²) in [6, 6.07) is 5.70. The van der Waals surface area contributed by atoms with Crippen molar-refractivity contribution in [3.63, 3.8) is 0 Å². The van der Waals surface area contributed by atoms with Crippen LogP contribution < -0.4 is 18.9 Å². The van der Waals surface area contributed by atoms with Crippen LogP contribution in [0.1, 0.15) is 11.1 Å². The Morgan fingerprint density at radius 2 is 1.14 bits per heavy atom. The molecule has 1 saturated heterocycles. The van der Waals surface area contributed by atoms with Gasteiger partial charge in [-0.2, -0.15) is 0 Å². The molecule has 0 amide bonds. The van der Waals surface area contributed by atoms with Crippen LogP contribution in [0, 0.1) is 0 Å². The van der Waals surface area contributed by atoms with E-state index in [-0.39, 0.29) is 34.5 Å². The number of aromatic hydroxyl groups is 2. The summed E-state index contributed by atoms with van der Waals surface area (Å²) in [5.41, 5.74) is 0.775. The van der Waals surface area contributed by atoms with Gasteiger partial charge >= 0.3 is 11.9 Å². The van der Waals surface area contributed by atoms with Crippen molar-refractivity contribution in [1.82, 2.24) is 0 Å². The first-order valence-corrected chi connectivity index (χ1v) is 12.4. The maximum atomic E-state index is 12.6. The Morgan fingerprint density at radius 1 is 0.738 bits per heavy atom. The van der Waals surface area contributed by atoms with E-state index in [9.17, 15) is 35.1 Å². The van der Waals surface area contributed by atoms with Gasteiger partial charge in [0, 0.05) is 12.2 Å². The lowest BCUT2D eigenvalue weighted by molar-refractivity contribution is -0.293. The van der Waals surface area contributed by atoms with E-state index in [4.69, 9.17) is 33.2 Å². The summed E-state index contributed by atoms with van der Waals surface area (Å²) in [7, 11) is 5.34. The summed E-state index contributed by atoms with van der Waals surface area (Å²) in [6.07, 6.45) is -3.64. The van der Waals surface area contributed by atoms with Crippen molar-refractivity contribution in [3.8, 4) is 34.5 Å². The Hall–Kier alpha value is -4.50. The third-order valence-corrected chi connectivity index (χ3v) is 6.14. The minimum Gasteiger partial charge on any atom is -0.502 e. The lowest BCUT2D eigenvalue weighted by atomic mass is 9.99. The predicted octanol–water partition coefficient (Wildman–Crippen LogP) is 0.753. The molecule has 0 aromatic heterocycles. The second-order valence-corrected chi connectivity index (χ2v) is 8.76. The maximum Gasteiger partial charge on any atom is 0.333 e. The zero-order valence-electron chi connectivity index (χ0n) is 23.1. The minimum atomic E-state index is -1.80. The highest BCUT2D eigenvalue weighted by Gasteiger charge is 2.48. The lowest BCUT2D eigenvalue weighted by Crippen LogP contribution is -2.60. The molecule has 0 saturated carbocycles. The number of methoxy groups -OCH3 is 4. The Morgan fingerprint density at radius 3 is 1.52 bits per heavy atom. The van der Waals surface area contributed by atoms with E-state index in [0.29, 0.717) is 11.1 Å². The van der Waals surface area contributed by atoms with Crippen molar-refractivity contribution < 1.29 is 68.3 Å². The van der Waals surface area contributed by atoms with Gasteiger partial charge in [-0.1, -0.05) is 0 Å². The summed E-state index contributed by atoms with van der Waals surface area (Å²) < 4.78 is 36.2. The molecule has 2 aromatic carbocycles. The molecule has 5 N–H and O–H groups in total. The van der Waals surface area contributed by atoms with Crippen LogP contribution >= 0.6 is 0 Å². The number of aliphatic hydroxyl groups excluding tert-OH is 3. The Labute approximate surface area is 240 Å². The van der Waals surface area contributed by atoms with E-state index < -0.39 is 49.3 Å². The van der Waals surface area contributed by atoms with Crippen LogP contribution in [0.25, 0.3) is 12.2 Å². The van der Waals surface area contributed by atoms with Crippen molar-refractivity contribution in [3.05, 3.63) is 47.5 Å². The van der Waals surface area contributed by atoms with E-state index in [1.807, 2.05) is 0 Å². The Balaban J connectivity index is 1.78. The summed E-state index contributed by atoms with van der Waals surface area (Å²) in [6.45, 7) is -0.736. The standard InChI is InChI=1S/C28H32O14/c1-36-16-9-14(10-17(37-2)23(16)32)5-7-21(30)41-27-26(35)25(34)20(13-29)40-28(27)42-22(31)8-6-15-11-18(38-3)24(33)19(12-15)39-4/h5-12,20,25-29,32-35H,13H2,1-4H3. The normalized spacial score (nSPS) is 22.1. The molecule has 1 aliphatic rings. The second-order valence-electron chi connectivity index (χ2n) is 8.76. The van der Waals surface area contributed by atoms with Crippen molar-refractivity contribution in [1.29, 1.82) is 0 Å². The molecule has 5 atom stereocenters. The monoisotopic (exact) mass is 592 g/mol. The third-order valence-electron chi connectivity index (χ3n) is 6.14. The van der Waals surface area contributed by atoms with E-state index in [1.165, 1.54) is 64.9 Å². The number of carbonyl (C=O) groups excluding carboxylic acids is 2. The fraction of sp³-hybridized carbons (Fsp3) is 0.357. The van der Waals surface area contributed by atoms with E-state index in [0.717, 1.165) is 12.2 Å². The number of carbonyl (C=O) groups is 2. The smallest absolute Gasteiger partial charge is 0.333 e. The number of ether oxygens (including phenoxy) is 7. The molecule has 228 valence electrons. The molecule has 2 aromatic rings. The summed E-state index contributed by atoms with van der Waals surface area (Å²) in [4.78, 5) is 25.3. The largest absolute Gasteiger partial charge is 0.502 e. The molecule has 14 heteroatoms. The average molecular weight is 593 g/mol. The number of phenolic OH excluding ortho intramolecular Hbond substituents is 2. The highest BCUT2D eigenvalue weighted by Crippen LogP contribution is 2.38. The predicted molar refractivity (Wildman–Crippen MR) is 144 cm³/mol. The van der Waals surface area contributed by atoms with E-state index in [2.05, 4.69) is 0 Å². The first kappa shape index (κ1) is 32.0. The van der Waals surface area contributed by atoms with Crippen LogP contribution in [0.3, 0.4) is 0 Å². The summed E-state index contributed by atoms with van der Waals surface area (Å²) >= 11 is 0. The van der Waals surface area contributed by atoms with Crippen molar-refractivity contribution >= 4 is 24.1 Å². The lowest BCUT2D eigenvalue weighted by Gasteiger charge is -2.40. The maximum absolute atomic E-state index is 12.6. The van der Waals surface area contributed by atoms with Gasteiger partial charge < -0.3 is 58.7 Å². The molecule has 0 aliphatic carbocycles. The molecule has 1 fully saturated rings. The number of phenols is 2. The number of rotatable bonds is 11. The Bertz CT molecular complexity index is 1270. The third kappa shape index (κ3) is 7.41. The topological polar surface area (TPSA) is 200 Å². The number of hydrogen-bond acceptors (Lipinski definition) is 14. The molecule has 5 unspecified atom stereocenters. The van der Waals surface area contributed by atoms with Crippen molar-refractivity contribution in [2.24, 2.45) is 0 Å². The average Bonchev–Trinajstić information content (AvgIpc) is 2.99. The van der Waals surface area contributed by atoms with Crippen LogP contribution in [0.2, 0.25) is 0 Å². The molecule has 0 spiro atoms. The Kier molecular flexibility index (Phi) is 11.0. The van der Waals surface area contributed by atoms with Gasteiger partial charge in [0.2, 0.25) is 17.8 Å². The highest BCUT2D eigenvalue weighted by molar-refractivity contribution is 5.88. The number of hydrogen-bond donors (Lipinski definition) is 5. The fourth-order valence-corrected chi connectivity index (χ4v) is 3.95. The summed E-state index contributed by atoms with van der Waals surface area (Å²) in [5.74, 6) is -2.14. The SMILES string of the molecule is COc1cc(C=CC(=O)OC2OC(CO)C(O)C(O)C2OC(=O)C=Cc2cc(OC)c(O)c(OC)c2)cc(OC)c1O. The quantitative estimate of drug-likeness (QED) is 0.181. The van der Waals surface area contributed by atoms with Gasteiger partial charge in [0.25, 0.3) is 0 Å². The van der Waals surface area contributed by atoms with E-state index >= 15 is 0 Å². The molecule has 0 bridgehead atoms. The zero-order valence-corrected chi connectivity index (χ0v) is 23.1. The van der Waals surface area contributed by atoms with Crippen LogP contribution in [0.4, 0.5) is 0 Å². The molecular formula is C28H32O14. The van der Waals surface area contributed by atoms with Gasteiger partial charge in [-0.05, 0) is 47.5 Å². The fourth-order valence-electron chi connectivity index (χ4n) is 3.95. The number of esters is 2. The minimum absolute atomic E-state index is 0.0841. The first-order valence-electron chi connectivity index (χ1n) is 12.4. The summed E-state index contributed by atoms with van der Waals surface area (Å²) in [5, 5.41) is 50.5. The second kappa shape index (κ2) is 14.4.